The summed E-state index contributed by atoms with van der Waals surface area (Å²) in [5.41, 5.74) is -4.98. The van der Waals surface area contributed by atoms with Crippen molar-refractivity contribution in [2.75, 3.05) is 34.4 Å². The van der Waals surface area contributed by atoms with Gasteiger partial charge in [0.1, 0.15) is 29.0 Å². The molecule has 0 saturated carbocycles. The number of carbonyl (C=O) groups excluding carboxylic acids is 1. The molecule has 0 aliphatic rings. The minimum atomic E-state index is -5.96. The van der Waals surface area contributed by atoms with E-state index in [0.29, 0.717) is 11.3 Å². The van der Waals surface area contributed by atoms with Crippen LogP contribution in [0.2, 0.25) is 0 Å². The van der Waals surface area contributed by atoms with Crippen LogP contribution in [0.15, 0.2) is 60.9 Å². The molecule has 0 atom stereocenters. The summed E-state index contributed by atoms with van der Waals surface area (Å²) < 4.78 is 88.9. The number of carboxylic acid groups (broad SMARTS) is 1. The number of hydrogen-bond donors (Lipinski definition) is 2. The lowest BCUT2D eigenvalue weighted by Gasteiger charge is -2.13. The summed E-state index contributed by atoms with van der Waals surface area (Å²) in [6.07, 6.45) is 2.47. The molecule has 4 rings (SSSR count). The molecule has 2 heterocycles. The van der Waals surface area contributed by atoms with E-state index in [1.807, 2.05) is 6.07 Å². The highest BCUT2D eigenvalue weighted by molar-refractivity contribution is 7.88. The molecule has 20 heteroatoms. The number of pyridine rings is 2. The van der Waals surface area contributed by atoms with Gasteiger partial charge in [0.2, 0.25) is 0 Å². The molecule has 0 aliphatic carbocycles. The molecule has 53 heavy (non-hydrogen) atoms. The minimum absolute atomic E-state index is 0.0117. The van der Waals surface area contributed by atoms with Crippen molar-refractivity contribution in [1.29, 1.82) is 10.5 Å². The first-order valence-corrected chi connectivity index (χ1v) is 15.9. The second-order valence-corrected chi connectivity index (χ2v) is 11.4. The standard InChI is InChI=1S/C18H15F3N2O7S.C15H12N2O5/c1-3-28-17(24)13-7-14(23-9-16(13)29-10-27-2)11-4-5-15(12(6-11)8-22)30-31(25,26)18(19,20)21;1-21-8-22-14-7-17-12(5-11(14)15(19)20)9-2-3-13(18)10(4-9)6-16/h4-7,9H,3,10H2,1-2H3;2-5,7,18H,8H2,1H3,(H,19,20). The van der Waals surface area contributed by atoms with E-state index < -0.39 is 38.9 Å². The van der Waals surface area contributed by atoms with Crippen LogP contribution in [0.5, 0.6) is 23.0 Å². The number of phenols is 1. The maximum atomic E-state index is 12.5. The summed E-state index contributed by atoms with van der Waals surface area (Å²) in [5.74, 6) is -2.72. The third-order valence-corrected chi connectivity index (χ3v) is 7.38. The van der Waals surface area contributed by atoms with Crippen LogP contribution in [-0.4, -0.2) is 80.5 Å². The van der Waals surface area contributed by atoms with Gasteiger partial charge in [-0.2, -0.15) is 32.1 Å². The number of aromatic nitrogens is 2. The van der Waals surface area contributed by atoms with E-state index in [1.165, 1.54) is 56.9 Å². The lowest BCUT2D eigenvalue weighted by molar-refractivity contribution is -0.0500. The first kappa shape index (κ1) is 40.9. The van der Waals surface area contributed by atoms with Gasteiger partial charge in [-0.1, -0.05) is 0 Å². The smallest absolute Gasteiger partial charge is 0.507 e. The third kappa shape index (κ3) is 10.5. The van der Waals surface area contributed by atoms with E-state index in [-0.39, 0.29) is 65.4 Å². The third-order valence-electron chi connectivity index (χ3n) is 6.42. The molecule has 0 saturated heterocycles. The average Bonchev–Trinajstić information content (AvgIpc) is 3.13. The van der Waals surface area contributed by atoms with E-state index in [4.69, 9.17) is 28.9 Å². The van der Waals surface area contributed by atoms with Gasteiger partial charge in [-0.15, -0.1) is 0 Å². The van der Waals surface area contributed by atoms with Crippen LogP contribution in [0.4, 0.5) is 13.2 Å². The molecule has 2 N–H and O–H groups in total. The molecule has 0 unspecified atom stereocenters. The quantitative estimate of drug-likeness (QED) is 0.0788. The van der Waals surface area contributed by atoms with E-state index in [9.17, 15) is 46.7 Å². The van der Waals surface area contributed by atoms with Gasteiger partial charge in [0.05, 0.1) is 41.5 Å². The van der Waals surface area contributed by atoms with Crippen molar-refractivity contribution in [3.63, 3.8) is 0 Å². The van der Waals surface area contributed by atoms with E-state index in [1.54, 1.807) is 19.1 Å². The van der Waals surface area contributed by atoms with Crippen molar-refractivity contribution in [3.05, 3.63) is 83.2 Å². The Kier molecular flexibility index (Phi) is 14.0. The molecule has 0 fully saturated rings. The van der Waals surface area contributed by atoms with Crippen molar-refractivity contribution in [2.45, 2.75) is 12.4 Å². The Labute approximate surface area is 299 Å². The number of phenolic OH excluding ortho intramolecular Hbond substituents is 1. The Morgan fingerprint density at radius 2 is 1.32 bits per heavy atom. The Morgan fingerprint density at radius 1 is 0.811 bits per heavy atom. The van der Waals surface area contributed by atoms with E-state index in [0.717, 1.165) is 12.1 Å². The van der Waals surface area contributed by atoms with Gasteiger partial charge < -0.3 is 38.1 Å². The predicted molar refractivity (Wildman–Crippen MR) is 174 cm³/mol. The summed E-state index contributed by atoms with van der Waals surface area (Å²) in [5, 5.41) is 36.9. The number of benzene rings is 2. The summed E-state index contributed by atoms with van der Waals surface area (Å²) in [4.78, 5) is 31.7. The number of aromatic carboxylic acids is 1. The molecule has 0 bridgehead atoms. The molecule has 0 radical (unpaired) electrons. The van der Waals surface area contributed by atoms with Gasteiger partial charge in [0, 0.05) is 25.3 Å². The fraction of sp³-hybridized carbons (Fsp3) is 0.212. The number of halogens is 3. The number of nitriles is 2. The van der Waals surface area contributed by atoms with Crippen molar-refractivity contribution in [3.8, 4) is 57.7 Å². The van der Waals surface area contributed by atoms with Gasteiger partial charge in [0.15, 0.2) is 30.8 Å². The van der Waals surface area contributed by atoms with Crippen molar-refractivity contribution in [1.82, 2.24) is 9.97 Å². The van der Waals surface area contributed by atoms with Crippen LogP contribution in [0.1, 0.15) is 38.8 Å². The predicted octanol–water partition coefficient (Wildman–Crippen LogP) is 5.01. The number of hydrogen-bond acceptors (Lipinski definition) is 15. The van der Waals surface area contributed by atoms with E-state index >= 15 is 0 Å². The normalized spacial score (nSPS) is 10.9. The fourth-order valence-electron chi connectivity index (χ4n) is 4.01. The minimum Gasteiger partial charge on any atom is -0.507 e. The summed E-state index contributed by atoms with van der Waals surface area (Å²) in [6.45, 7) is 1.41. The highest BCUT2D eigenvalue weighted by Crippen LogP contribution is 2.33. The van der Waals surface area contributed by atoms with Gasteiger partial charge in [-0.3, -0.25) is 9.97 Å². The number of ether oxygens (including phenoxy) is 5. The largest absolute Gasteiger partial charge is 0.534 e. The van der Waals surface area contributed by atoms with Gasteiger partial charge in [-0.05, 0) is 55.5 Å². The van der Waals surface area contributed by atoms with Gasteiger partial charge >= 0.3 is 27.6 Å². The molecule has 2 aromatic heterocycles. The average molecular weight is 761 g/mol. The first-order chi connectivity index (χ1) is 25.1. The van der Waals surface area contributed by atoms with Crippen LogP contribution >= 0.6 is 0 Å². The molecular formula is C33H27F3N4O12S. The monoisotopic (exact) mass is 760 g/mol. The van der Waals surface area contributed by atoms with Crippen molar-refractivity contribution in [2.24, 2.45) is 0 Å². The Balaban J connectivity index is 0.000000302. The van der Waals surface area contributed by atoms with Crippen LogP contribution in [0, 0.1) is 22.7 Å². The highest BCUT2D eigenvalue weighted by Gasteiger charge is 2.48. The molecule has 0 amide bonds. The Hall–Kier alpha value is -6.48. The van der Waals surface area contributed by atoms with Crippen LogP contribution in [-0.2, 0) is 24.3 Å². The second kappa shape index (κ2) is 18.1. The number of carbonyl (C=O) groups is 2. The van der Waals surface area contributed by atoms with Crippen LogP contribution < -0.4 is 13.7 Å². The second-order valence-electron chi connectivity index (χ2n) is 9.91. The molecular weight excluding hydrogens is 733 g/mol. The van der Waals surface area contributed by atoms with E-state index in [2.05, 4.69) is 14.2 Å². The zero-order valence-corrected chi connectivity index (χ0v) is 28.5. The first-order valence-electron chi connectivity index (χ1n) is 14.5. The van der Waals surface area contributed by atoms with Gasteiger partial charge in [-0.25, -0.2) is 9.59 Å². The number of carboxylic acids is 1. The van der Waals surface area contributed by atoms with Crippen molar-refractivity contribution < 1.29 is 69.3 Å². The van der Waals surface area contributed by atoms with Gasteiger partial charge in [0.25, 0.3) is 0 Å². The Bertz CT molecular complexity index is 2170. The van der Waals surface area contributed by atoms with Crippen molar-refractivity contribution >= 4 is 22.1 Å². The fourth-order valence-corrected chi connectivity index (χ4v) is 4.49. The number of alkyl halides is 3. The number of methoxy groups -OCH3 is 2. The summed E-state index contributed by atoms with van der Waals surface area (Å²) in [6, 6.07) is 13.5. The molecule has 2 aromatic carbocycles. The zero-order valence-electron chi connectivity index (χ0n) is 27.7. The number of esters is 1. The topological polar surface area (TPSA) is 237 Å². The highest BCUT2D eigenvalue weighted by atomic mass is 32.2. The molecule has 16 nitrogen and oxygen atoms in total. The maximum absolute atomic E-state index is 12.5. The number of rotatable bonds is 13. The zero-order chi connectivity index (χ0) is 39.3. The molecule has 0 aliphatic heterocycles. The summed E-state index contributed by atoms with van der Waals surface area (Å²) >= 11 is 0. The lowest BCUT2D eigenvalue weighted by Crippen LogP contribution is -2.28. The van der Waals surface area contributed by atoms with Crippen LogP contribution in [0.3, 0.4) is 0 Å². The maximum Gasteiger partial charge on any atom is 0.534 e. The SMILES string of the molecule is CCOC(=O)c1cc(-c2ccc(OS(=O)(=O)C(F)(F)F)c(C#N)c2)ncc1OCOC.COCOc1cnc(-c2ccc(O)c(C#N)c2)cc1C(=O)O. The number of aromatic hydroxyl groups is 1. The summed E-state index contributed by atoms with van der Waals surface area (Å²) in [7, 11) is -3.16. The number of nitrogens with zero attached hydrogens (tertiary/aromatic N) is 4. The molecule has 0 spiro atoms. The molecule has 278 valence electrons. The molecule has 4 aromatic rings. The van der Waals surface area contributed by atoms with Crippen LogP contribution in [0.25, 0.3) is 22.5 Å². The Morgan fingerprint density at radius 3 is 1.81 bits per heavy atom. The lowest BCUT2D eigenvalue weighted by atomic mass is 10.1.